The molecule has 0 amide bonds. The molecule has 0 saturated heterocycles. The van der Waals surface area contributed by atoms with E-state index in [1.165, 1.54) is 0 Å². The van der Waals surface area contributed by atoms with Gasteiger partial charge in [-0.15, -0.1) is 12.4 Å². The fourth-order valence-corrected chi connectivity index (χ4v) is 3.32. The van der Waals surface area contributed by atoms with Crippen molar-refractivity contribution in [2.45, 2.75) is 19.1 Å². The number of ether oxygens (including phenoxy) is 2. The Bertz CT molecular complexity index is 892. The average Bonchev–Trinajstić information content (AvgIpc) is 2.79. The Labute approximate surface area is 190 Å². The molecule has 0 aliphatic heterocycles. The monoisotopic (exact) mass is 439 g/mol. The lowest BCUT2D eigenvalue weighted by atomic mass is 9.98. The van der Waals surface area contributed by atoms with Crippen LogP contribution in [0.2, 0.25) is 0 Å². The SMILES string of the molecule is C/C=C/c1ccc(OC)c(OCC(O)CNC(c2ccccc2)c2ccccc2)c1.Cl. The maximum Gasteiger partial charge on any atom is 0.161 e. The van der Waals surface area contributed by atoms with Crippen molar-refractivity contribution in [3.8, 4) is 11.5 Å². The van der Waals surface area contributed by atoms with E-state index >= 15 is 0 Å². The van der Waals surface area contributed by atoms with Gasteiger partial charge in [0, 0.05) is 6.54 Å². The lowest BCUT2D eigenvalue weighted by molar-refractivity contribution is 0.103. The first kappa shape index (κ1) is 24.5. The van der Waals surface area contributed by atoms with E-state index in [1.807, 2.05) is 73.7 Å². The van der Waals surface area contributed by atoms with Crippen molar-refractivity contribution in [3.63, 3.8) is 0 Å². The molecule has 1 atom stereocenters. The van der Waals surface area contributed by atoms with Crippen molar-refractivity contribution in [1.29, 1.82) is 0 Å². The second-order valence-corrected chi connectivity index (χ2v) is 7.04. The van der Waals surface area contributed by atoms with Crippen molar-refractivity contribution in [2.75, 3.05) is 20.3 Å². The van der Waals surface area contributed by atoms with Crippen LogP contribution in [0.15, 0.2) is 84.9 Å². The van der Waals surface area contributed by atoms with Crippen molar-refractivity contribution in [1.82, 2.24) is 5.32 Å². The van der Waals surface area contributed by atoms with Crippen LogP contribution in [0, 0.1) is 0 Å². The quantitative estimate of drug-likeness (QED) is 0.452. The van der Waals surface area contributed by atoms with Crippen molar-refractivity contribution < 1.29 is 14.6 Å². The Morgan fingerprint density at radius 3 is 2.06 bits per heavy atom. The van der Waals surface area contributed by atoms with Gasteiger partial charge in [0.05, 0.1) is 13.2 Å². The zero-order valence-electron chi connectivity index (χ0n) is 17.9. The minimum atomic E-state index is -0.671. The van der Waals surface area contributed by atoms with E-state index in [0.29, 0.717) is 18.0 Å². The molecule has 0 radical (unpaired) electrons. The van der Waals surface area contributed by atoms with Gasteiger partial charge in [-0.3, -0.25) is 0 Å². The van der Waals surface area contributed by atoms with Gasteiger partial charge in [0.1, 0.15) is 12.7 Å². The normalized spacial score (nSPS) is 11.9. The second kappa shape index (κ2) is 12.8. The molecule has 0 spiro atoms. The summed E-state index contributed by atoms with van der Waals surface area (Å²) in [6, 6.07) is 26.2. The van der Waals surface area contributed by atoms with E-state index in [0.717, 1.165) is 16.7 Å². The van der Waals surface area contributed by atoms with Crippen molar-refractivity contribution >= 4 is 18.5 Å². The first-order chi connectivity index (χ1) is 14.7. The predicted molar refractivity (Wildman–Crippen MR) is 129 cm³/mol. The summed E-state index contributed by atoms with van der Waals surface area (Å²) in [5.74, 6) is 1.27. The number of methoxy groups -OCH3 is 1. The number of hydrogen-bond acceptors (Lipinski definition) is 4. The van der Waals surface area contributed by atoms with Gasteiger partial charge in [0.25, 0.3) is 0 Å². The summed E-state index contributed by atoms with van der Waals surface area (Å²) in [5, 5.41) is 14.0. The molecule has 0 aliphatic rings. The number of hydrogen-bond donors (Lipinski definition) is 2. The van der Waals surface area contributed by atoms with Gasteiger partial charge >= 0.3 is 0 Å². The molecule has 3 aromatic carbocycles. The number of benzene rings is 3. The van der Waals surface area contributed by atoms with Crippen LogP contribution in [0.1, 0.15) is 29.7 Å². The number of aliphatic hydroxyl groups is 1. The highest BCUT2D eigenvalue weighted by atomic mass is 35.5. The minimum absolute atomic E-state index is 0. The van der Waals surface area contributed by atoms with Gasteiger partial charge in [-0.25, -0.2) is 0 Å². The highest BCUT2D eigenvalue weighted by Gasteiger charge is 2.16. The lowest BCUT2D eigenvalue weighted by Crippen LogP contribution is -2.34. The molecule has 0 aromatic heterocycles. The molecule has 2 N–H and O–H groups in total. The van der Waals surface area contributed by atoms with E-state index < -0.39 is 6.10 Å². The average molecular weight is 440 g/mol. The number of allylic oxidation sites excluding steroid dienone is 1. The molecular formula is C26H30ClNO3. The third kappa shape index (κ3) is 7.14. The molecule has 1 unspecified atom stereocenters. The van der Waals surface area contributed by atoms with Gasteiger partial charge in [-0.1, -0.05) is 78.9 Å². The van der Waals surface area contributed by atoms with E-state index in [1.54, 1.807) is 7.11 Å². The summed E-state index contributed by atoms with van der Waals surface area (Å²) in [5.41, 5.74) is 3.32. The molecule has 0 heterocycles. The maximum atomic E-state index is 10.5. The van der Waals surface area contributed by atoms with Crippen molar-refractivity contribution in [3.05, 3.63) is 102 Å². The predicted octanol–water partition coefficient (Wildman–Crippen LogP) is 5.27. The van der Waals surface area contributed by atoms with Crippen molar-refractivity contribution in [2.24, 2.45) is 0 Å². The largest absolute Gasteiger partial charge is 0.493 e. The van der Waals surface area contributed by atoms with Crippen LogP contribution in [0.4, 0.5) is 0 Å². The third-order valence-corrected chi connectivity index (χ3v) is 4.80. The molecule has 31 heavy (non-hydrogen) atoms. The molecule has 0 fully saturated rings. The molecule has 3 rings (SSSR count). The van der Waals surface area contributed by atoms with Crippen LogP contribution < -0.4 is 14.8 Å². The Balaban J connectivity index is 0.00000341. The van der Waals surface area contributed by atoms with Gasteiger partial charge in [-0.2, -0.15) is 0 Å². The Kier molecular flexibility index (Phi) is 10.1. The zero-order chi connectivity index (χ0) is 21.2. The van der Waals surface area contributed by atoms with Crippen LogP contribution >= 0.6 is 12.4 Å². The van der Waals surface area contributed by atoms with Gasteiger partial charge in [0.2, 0.25) is 0 Å². The first-order valence-corrected chi connectivity index (χ1v) is 10.2. The van der Waals surface area contributed by atoms with Gasteiger partial charge < -0.3 is 19.9 Å². The Morgan fingerprint density at radius 2 is 1.52 bits per heavy atom. The highest BCUT2D eigenvalue weighted by molar-refractivity contribution is 5.85. The number of nitrogens with one attached hydrogen (secondary N) is 1. The Morgan fingerprint density at radius 1 is 0.903 bits per heavy atom. The van der Waals surface area contributed by atoms with Crippen LogP contribution in [-0.2, 0) is 0 Å². The number of aliphatic hydroxyl groups excluding tert-OH is 1. The smallest absolute Gasteiger partial charge is 0.161 e. The molecular weight excluding hydrogens is 410 g/mol. The highest BCUT2D eigenvalue weighted by Crippen LogP contribution is 2.29. The molecule has 4 nitrogen and oxygen atoms in total. The standard InChI is InChI=1S/C26H29NO3.ClH/c1-3-10-20-15-16-24(29-2)25(17-20)30-19-23(28)18-27-26(21-11-6-4-7-12-21)22-13-8-5-9-14-22;/h3-17,23,26-28H,18-19H2,1-2H3;1H/b10-3+;. The molecule has 5 heteroatoms. The van der Waals surface area contributed by atoms with E-state index in [9.17, 15) is 5.11 Å². The van der Waals surface area contributed by atoms with Gasteiger partial charge in [0.15, 0.2) is 11.5 Å². The molecule has 0 bridgehead atoms. The van der Waals surface area contributed by atoms with E-state index in [2.05, 4.69) is 29.6 Å². The summed E-state index contributed by atoms with van der Waals surface area (Å²) in [6.45, 7) is 2.53. The summed E-state index contributed by atoms with van der Waals surface area (Å²) in [6.07, 6.45) is 3.29. The fraction of sp³-hybridized carbons (Fsp3) is 0.231. The van der Waals surface area contributed by atoms with Crippen LogP contribution in [0.3, 0.4) is 0 Å². The van der Waals surface area contributed by atoms with Crippen LogP contribution in [0.5, 0.6) is 11.5 Å². The summed E-state index contributed by atoms with van der Waals surface area (Å²) < 4.78 is 11.2. The van der Waals surface area contributed by atoms with E-state index in [4.69, 9.17) is 9.47 Å². The minimum Gasteiger partial charge on any atom is -0.493 e. The summed E-state index contributed by atoms with van der Waals surface area (Å²) >= 11 is 0. The topological polar surface area (TPSA) is 50.7 Å². The van der Waals surface area contributed by atoms with Gasteiger partial charge in [-0.05, 0) is 35.7 Å². The number of halogens is 1. The zero-order valence-corrected chi connectivity index (χ0v) is 18.7. The Hall–Kier alpha value is -2.79. The second-order valence-electron chi connectivity index (χ2n) is 7.04. The summed E-state index contributed by atoms with van der Waals surface area (Å²) in [7, 11) is 1.61. The third-order valence-electron chi connectivity index (χ3n) is 4.80. The lowest BCUT2D eigenvalue weighted by Gasteiger charge is -2.22. The van der Waals surface area contributed by atoms with E-state index in [-0.39, 0.29) is 25.1 Å². The van der Waals surface area contributed by atoms with Crippen LogP contribution in [0.25, 0.3) is 6.08 Å². The first-order valence-electron chi connectivity index (χ1n) is 10.2. The fourth-order valence-electron chi connectivity index (χ4n) is 3.32. The molecule has 3 aromatic rings. The molecule has 0 aliphatic carbocycles. The molecule has 0 saturated carbocycles. The molecule has 164 valence electrons. The van der Waals surface area contributed by atoms with Crippen LogP contribution in [-0.4, -0.2) is 31.5 Å². The maximum absolute atomic E-state index is 10.5. The summed E-state index contributed by atoms with van der Waals surface area (Å²) in [4.78, 5) is 0. The number of rotatable bonds is 10.